The molecule has 0 amide bonds. The summed E-state index contributed by atoms with van der Waals surface area (Å²) < 4.78 is 27.2. The second-order valence-electron chi connectivity index (χ2n) is 8.10. The second-order valence-corrected chi connectivity index (χ2v) is 9.37. The highest BCUT2D eigenvalue weighted by Gasteiger charge is 2.24. The third-order valence-electron chi connectivity index (χ3n) is 5.74. The van der Waals surface area contributed by atoms with Gasteiger partial charge in [-0.1, -0.05) is 37.3 Å². The zero-order chi connectivity index (χ0) is 21.7. The Morgan fingerprint density at radius 1 is 1.17 bits per heavy atom. The Bertz CT molecular complexity index is 867. The van der Waals surface area contributed by atoms with Crippen molar-refractivity contribution < 1.29 is 8.78 Å². The van der Waals surface area contributed by atoms with E-state index in [-0.39, 0.29) is 11.3 Å². The molecule has 2 aromatic carbocycles. The van der Waals surface area contributed by atoms with Crippen LogP contribution in [0.5, 0.6) is 0 Å². The Hall–Kier alpha value is -1.50. The van der Waals surface area contributed by atoms with Crippen molar-refractivity contribution in [2.45, 2.75) is 63.3 Å². The molecule has 0 heterocycles. The van der Waals surface area contributed by atoms with Crippen molar-refractivity contribution in [1.29, 1.82) is 0 Å². The molecule has 0 saturated carbocycles. The first-order valence-corrected chi connectivity index (χ1v) is 11.5. The molecule has 2 nitrogen and oxygen atoms in total. The molecule has 0 fully saturated rings. The van der Waals surface area contributed by atoms with Crippen molar-refractivity contribution in [2.75, 3.05) is 6.54 Å². The first-order valence-electron chi connectivity index (χ1n) is 10.6. The van der Waals surface area contributed by atoms with Crippen molar-refractivity contribution >= 4 is 29.8 Å². The van der Waals surface area contributed by atoms with Crippen LogP contribution in [0, 0.1) is 11.6 Å². The van der Waals surface area contributed by atoms with Crippen LogP contribution < -0.4 is 10.6 Å². The molecule has 0 saturated heterocycles. The van der Waals surface area contributed by atoms with Crippen LogP contribution >= 0.6 is 24.8 Å². The third kappa shape index (κ3) is 6.25. The van der Waals surface area contributed by atoms with Crippen LogP contribution in [0.1, 0.15) is 55.0 Å². The molecule has 0 spiro atoms. The summed E-state index contributed by atoms with van der Waals surface area (Å²) in [6, 6.07) is 10.6. The lowest BCUT2D eigenvalue weighted by Crippen LogP contribution is -2.46. The standard InChI is InChI=1S/C24H30F2N2S2/c1-3-16-7-8-18-5-4-6-22(21(18)11-16)27-14-24(30)23(28-15(2)29)12-17-9-19(25)13-20(26)10-17/h7-11,13,22-24,27,30H,3-6,12,14H2,1-2H3,(H,28,29)/t22-,23?,24+/m0/s1. The fourth-order valence-electron chi connectivity index (χ4n) is 4.21. The number of hydrogen-bond acceptors (Lipinski definition) is 3. The predicted octanol–water partition coefficient (Wildman–Crippen LogP) is 5.34. The molecule has 1 aliphatic rings. The second kappa shape index (κ2) is 10.7. The minimum absolute atomic E-state index is 0.0750. The SMILES string of the molecule is CCc1ccc2c(c1)[C@@H](NC[C@@H](S)C(Cc1cc(F)cc(F)c1)NC(C)=S)CCC2. The summed E-state index contributed by atoms with van der Waals surface area (Å²) in [5.41, 5.74) is 4.76. The highest BCUT2D eigenvalue weighted by molar-refractivity contribution is 7.81. The van der Waals surface area contributed by atoms with Crippen molar-refractivity contribution in [2.24, 2.45) is 0 Å². The highest BCUT2D eigenvalue weighted by Crippen LogP contribution is 2.31. The van der Waals surface area contributed by atoms with E-state index in [1.165, 1.54) is 28.8 Å². The molecule has 3 atom stereocenters. The largest absolute Gasteiger partial charge is 0.376 e. The molecule has 2 aromatic rings. The molecule has 6 heteroatoms. The van der Waals surface area contributed by atoms with E-state index in [9.17, 15) is 8.78 Å². The zero-order valence-corrected chi connectivity index (χ0v) is 19.3. The summed E-state index contributed by atoms with van der Waals surface area (Å²) >= 11 is 10.1. The summed E-state index contributed by atoms with van der Waals surface area (Å²) in [7, 11) is 0. The average molecular weight is 449 g/mol. The Morgan fingerprint density at radius 3 is 2.57 bits per heavy atom. The van der Waals surface area contributed by atoms with E-state index >= 15 is 0 Å². The fourth-order valence-corrected chi connectivity index (χ4v) is 4.65. The topological polar surface area (TPSA) is 24.1 Å². The maximum Gasteiger partial charge on any atom is 0.126 e. The Labute approximate surface area is 189 Å². The predicted molar refractivity (Wildman–Crippen MR) is 128 cm³/mol. The maximum absolute atomic E-state index is 13.6. The van der Waals surface area contributed by atoms with Gasteiger partial charge in [0, 0.05) is 29.9 Å². The van der Waals surface area contributed by atoms with Gasteiger partial charge in [0.15, 0.2) is 0 Å². The van der Waals surface area contributed by atoms with Crippen molar-refractivity contribution in [3.63, 3.8) is 0 Å². The lowest BCUT2D eigenvalue weighted by molar-refractivity contribution is 0.439. The number of nitrogens with one attached hydrogen (secondary N) is 2. The van der Waals surface area contributed by atoms with Crippen LogP contribution in [0.2, 0.25) is 0 Å². The first-order chi connectivity index (χ1) is 14.4. The van der Waals surface area contributed by atoms with Gasteiger partial charge in [-0.3, -0.25) is 0 Å². The number of aryl methyl sites for hydroxylation is 2. The van der Waals surface area contributed by atoms with Crippen molar-refractivity contribution in [3.8, 4) is 0 Å². The summed E-state index contributed by atoms with van der Waals surface area (Å²) in [5, 5.41) is 6.87. The number of rotatable bonds is 8. The van der Waals surface area contributed by atoms with E-state index in [0.29, 0.717) is 29.6 Å². The molecule has 1 aliphatic carbocycles. The molecule has 1 unspecified atom stereocenters. The number of thiocarbonyl (C=S) groups is 1. The molecule has 0 aliphatic heterocycles. The minimum Gasteiger partial charge on any atom is -0.376 e. The van der Waals surface area contributed by atoms with Gasteiger partial charge in [-0.15, -0.1) is 0 Å². The summed E-state index contributed by atoms with van der Waals surface area (Å²) in [6.45, 7) is 4.66. The van der Waals surface area contributed by atoms with Gasteiger partial charge in [0.1, 0.15) is 11.6 Å². The summed E-state index contributed by atoms with van der Waals surface area (Å²) in [6.07, 6.45) is 4.86. The van der Waals surface area contributed by atoms with Crippen molar-refractivity contribution in [3.05, 3.63) is 70.3 Å². The highest BCUT2D eigenvalue weighted by atomic mass is 32.1. The molecule has 0 bridgehead atoms. The van der Waals surface area contributed by atoms with Gasteiger partial charge in [-0.2, -0.15) is 12.6 Å². The van der Waals surface area contributed by atoms with Gasteiger partial charge in [0.05, 0.1) is 4.99 Å². The quantitative estimate of drug-likeness (QED) is 0.375. The zero-order valence-electron chi connectivity index (χ0n) is 17.6. The summed E-state index contributed by atoms with van der Waals surface area (Å²) in [4.78, 5) is 0.645. The van der Waals surface area contributed by atoms with Gasteiger partial charge < -0.3 is 10.6 Å². The van der Waals surface area contributed by atoms with Crippen LogP contribution in [0.3, 0.4) is 0 Å². The Balaban J connectivity index is 1.69. The van der Waals surface area contributed by atoms with Gasteiger partial charge in [0.25, 0.3) is 0 Å². The number of benzene rings is 2. The lowest BCUT2D eigenvalue weighted by atomic mass is 9.86. The van der Waals surface area contributed by atoms with Crippen LogP contribution in [0.25, 0.3) is 0 Å². The maximum atomic E-state index is 13.6. The molecular weight excluding hydrogens is 418 g/mol. The smallest absolute Gasteiger partial charge is 0.126 e. The molecule has 0 radical (unpaired) electrons. The van der Waals surface area contributed by atoms with Gasteiger partial charge >= 0.3 is 0 Å². The van der Waals surface area contributed by atoms with Gasteiger partial charge in [0.2, 0.25) is 0 Å². The van der Waals surface area contributed by atoms with E-state index in [1.54, 1.807) is 0 Å². The van der Waals surface area contributed by atoms with Crippen LogP contribution in [0.15, 0.2) is 36.4 Å². The lowest BCUT2D eigenvalue weighted by Gasteiger charge is -2.31. The monoisotopic (exact) mass is 448 g/mol. The molecule has 30 heavy (non-hydrogen) atoms. The number of thiol groups is 1. The summed E-state index contributed by atoms with van der Waals surface area (Å²) in [5.74, 6) is -1.13. The molecule has 3 rings (SSSR count). The number of hydrogen-bond donors (Lipinski definition) is 3. The van der Waals surface area contributed by atoms with Crippen molar-refractivity contribution in [1.82, 2.24) is 10.6 Å². The van der Waals surface area contributed by atoms with Gasteiger partial charge in [-0.05, 0) is 73.4 Å². The normalized spacial score (nSPS) is 17.8. The van der Waals surface area contributed by atoms with E-state index in [4.69, 9.17) is 24.8 Å². The minimum atomic E-state index is -0.567. The first kappa shape index (κ1) is 23.2. The van der Waals surface area contributed by atoms with Gasteiger partial charge in [-0.25, -0.2) is 8.78 Å². The number of halogens is 2. The van der Waals surface area contributed by atoms with Crippen LogP contribution in [0.4, 0.5) is 8.78 Å². The molecular formula is C24H30F2N2S2. The van der Waals surface area contributed by atoms with Crippen LogP contribution in [-0.2, 0) is 19.3 Å². The van der Waals surface area contributed by atoms with Crippen LogP contribution in [-0.4, -0.2) is 22.8 Å². The molecule has 162 valence electrons. The van der Waals surface area contributed by atoms with E-state index in [0.717, 1.165) is 31.7 Å². The van der Waals surface area contributed by atoms with E-state index in [2.05, 4.69) is 35.8 Å². The Kier molecular flexibility index (Phi) is 8.26. The third-order valence-corrected chi connectivity index (χ3v) is 6.40. The number of fused-ring (bicyclic) bond motifs is 1. The van der Waals surface area contributed by atoms with E-state index < -0.39 is 11.6 Å². The molecule has 0 aromatic heterocycles. The van der Waals surface area contributed by atoms with E-state index in [1.807, 2.05) is 6.92 Å². The fraction of sp³-hybridized carbons (Fsp3) is 0.458. The average Bonchev–Trinajstić information content (AvgIpc) is 2.70. The molecule has 2 N–H and O–H groups in total. The Morgan fingerprint density at radius 2 is 1.90 bits per heavy atom.